The van der Waals surface area contributed by atoms with E-state index in [1.807, 2.05) is 0 Å². The number of alkyl halides is 3. The first-order valence-electron chi connectivity index (χ1n) is 9.82. The Morgan fingerprint density at radius 1 is 1.23 bits per heavy atom. The average Bonchev–Trinajstić information content (AvgIpc) is 3.15. The Kier molecular flexibility index (Phi) is 6.82. The molecule has 9 heteroatoms. The van der Waals surface area contributed by atoms with Gasteiger partial charge in [0, 0.05) is 24.6 Å². The van der Waals surface area contributed by atoms with E-state index >= 15 is 0 Å². The summed E-state index contributed by atoms with van der Waals surface area (Å²) in [5, 5.41) is 6.75. The van der Waals surface area contributed by atoms with E-state index in [1.165, 1.54) is 29.2 Å². The summed E-state index contributed by atoms with van der Waals surface area (Å²) in [5.41, 5.74) is 0.701. The van der Waals surface area contributed by atoms with Crippen molar-refractivity contribution in [3.63, 3.8) is 0 Å². The number of oxime groups is 1. The minimum absolute atomic E-state index is 0.0301. The third-order valence-electron chi connectivity index (χ3n) is 4.64. The van der Waals surface area contributed by atoms with Crippen LogP contribution >= 0.6 is 0 Å². The molecular formula is C22H23F4N3O2. The number of nitrogens with zero attached hydrogens (tertiary/aromatic N) is 2. The third-order valence-corrected chi connectivity index (χ3v) is 4.64. The molecule has 0 radical (unpaired) electrons. The average molecular weight is 437 g/mol. The molecule has 2 amide bonds. The van der Waals surface area contributed by atoms with Gasteiger partial charge in [0.25, 0.3) is 0 Å². The van der Waals surface area contributed by atoms with Crippen LogP contribution in [0.2, 0.25) is 0 Å². The van der Waals surface area contributed by atoms with Crippen LogP contribution < -0.4 is 5.32 Å². The highest BCUT2D eigenvalue weighted by Gasteiger charge is 2.31. The van der Waals surface area contributed by atoms with Crippen LogP contribution in [0.25, 0.3) is 0 Å². The smallest absolute Gasteiger partial charge is 0.390 e. The first-order valence-corrected chi connectivity index (χ1v) is 9.82. The molecule has 0 fully saturated rings. The maximum absolute atomic E-state index is 13.5. The maximum atomic E-state index is 13.5. The van der Waals surface area contributed by atoms with E-state index in [4.69, 9.17) is 4.84 Å². The molecule has 1 atom stereocenters. The number of amides is 2. The largest absolute Gasteiger partial charge is 0.416 e. The molecule has 0 bridgehead atoms. The summed E-state index contributed by atoms with van der Waals surface area (Å²) in [5.74, 6) is -0.397. The van der Waals surface area contributed by atoms with Crippen molar-refractivity contribution in [1.82, 2.24) is 10.2 Å². The molecule has 0 aromatic heterocycles. The molecule has 2 aromatic rings. The van der Waals surface area contributed by atoms with E-state index < -0.39 is 29.7 Å². The Balaban J connectivity index is 1.72. The zero-order chi connectivity index (χ0) is 22.6. The zero-order valence-electron chi connectivity index (χ0n) is 17.1. The van der Waals surface area contributed by atoms with E-state index in [9.17, 15) is 22.4 Å². The van der Waals surface area contributed by atoms with Gasteiger partial charge < -0.3 is 15.1 Å². The number of carbonyl (C=O) groups excluding carboxylic acids is 1. The SMILES string of the molecule is CC(C)NC(=O)N(Cc1cccc(C(F)(F)F)c1)C[C@@H]1CC(c2cccc(F)c2)=NO1. The summed E-state index contributed by atoms with van der Waals surface area (Å²) in [6.07, 6.45) is -4.62. The second-order valence-corrected chi connectivity index (χ2v) is 7.66. The summed E-state index contributed by atoms with van der Waals surface area (Å²) >= 11 is 0. The van der Waals surface area contributed by atoms with Crippen LogP contribution in [-0.4, -0.2) is 35.3 Å². The second kappa shape index (κ2) is 9.36. The molecule has 0 saturated carbocycles. The molecule has 2 aromatic carbocycles. The quantitative estimate of drug-likeness (QED) is 0.650. The first-order chi connectivity index (χ1) is 14.6. The molecule has 31 heavy (non-hydrogen) atoms. The van der Waals surface area contributed by atoms with Gasteiger partial charge in [-0.3, -0.25) is 0 Å². The van der Waals surface area contributed by atoms with Crippen molar-refractivity contribution in [3.05, 3.63) is 71.0 Å². The third kappa shape index (κ3) is 6.19. The Bertz CT molecular complexity index is 960. The van der Waals surface area contributed by atoms with Gasteiger partial charge in [0.1, 0.15) is 5.82 Å². The summed E-state index contributed by atoms with van der Waals surface area (Å²) in [6, 6.07) is 10.2. The van der Waals surface area contributed by atoms with Gasteiger partial charge in [-0.05, 0) is 43.7 Å². The lowest BCUT2D eigenvalue weighted by molar-refractivity contribution is -0.137. The van der Waals surface area contributed by atoms with Crippen LogP contribution in [0.3, 0.4) is 0 Å². The minimum Gasteiger partial charge on any atom is -0.390 e. The molecule has 0 aliphatic carbocycles. The number of urea groups is 1. The maximum Gasteiger partial charge on any atom is 0.416 e. The molecular weight excluding hydrogens is 414 g/mol. The molecule has 1 heterocycles. The predicted molar refractivity (Wildman–Crippen MR) is 108 cm³/mol. The molecule has 3 rings (SSSR count). The van der Waals surface area contributed by atoms with Crippen LogP contribution in [0.5, 0.6) is 0 Å². The number of benzene rings is 2. The van der Waals surface area contributed by atoms with Crippen LogP contribution in [0.4, 0.5) is 22.4 Å². The molecule has 1 N–H and O–H groups in total. The summed E-state index contributed by atoms with van der Waals surface area (Å²) < 4.78 is 52.6. The van der Waals surface area contributed by atoms with E-state index in [2.05, 4.69) is 10.5 Å². The number of hydrogen-bond donors (Lipinski definition) is 1. The summed E-state index contributed by atoms with van der Waals surface area (Å²) in [4.78, 5) is 19.5. The monoisotopic (exact) mass is 437 g/mol. The van der Waals surface area contributed by atoms with Crippen molar-refractivity contribution in [2.75, 3.05) is 6.54 Å². The molecule has 0 unspecified atom stereocenters. The van der Waals surface area contributed by atoms with Gasteiger partial charge in [-0.1, -0.05) is 29.4 Å². The van der Waals surface area contributed by atoms with Gasteiger partial charge in [-0.2, -0.15) is 13.2 Å². The molecule has 1 aliphatic heterocycles. The van der Waals surface area contributed by atoms with Gasteiger partial charge >= 0.3 is 12.2 Å². The Morgan fingerprint density at radius 3 is 2.65 bits per heavy atom. The highest BCUT2D eigenvalue weighted by atomic mass is 19.4. The van der Waals surface area contributed by atoms with Crippen molar-refractivity contribution in [1.29, 1.82) is 0 Å². The zero-order valence-corrected chi connectivity index (χ0v) is 17.1. The van der Waals surface area contributed by atoms with Crippen LogP contribution in [0, 0.1) is 5.82 Å². The van der Waals surface area contributed by atoms with Crippen molar-refractivity contribution in [2.45, 2.75) is 45.1 Å². The highest BCUT2D eigenvalue weighted by Crippen LogP contribution is 2.30. The predicted octanol–water partition coefficient (Wildman–Crippen LogP) is 4.96. The lowest BCUT2D eigenvalue weighted by Crippen LogP contribution is -2.45. The van der Waals surface area contributed by atoms with E-state index in [0.717, 1.165) is 12.1 Å². The van der Waals surface area contributed by atoms with Crippen molar-refractivity contribution in [2.24, 2.45) is 5.16 Å². The van der Waals surface area contributed by atoms with Crippen molar-refractivity contribution in [3.8, 4) is 0 Å². The topological polar surface area (TPSA) is 53.9 Å². The lowest BCUT2D eigenvalue weighted by atomic mass is 10.0. The normalized spacial score (nSPS) is 16.1. The van der Waals surface area contributed by atoms with Crippen LogP contribution in [-0.2, 0) is 17.6 Å². The van der Waals surface area contributed by atoms with Gasteiger partial charge in [-0.25, -0.2) is 9.18 Å². The molecule has 166 valence electrons. The molecule has 5 nitrogen and oxygen atoms in total. The molecule has 1 aliphatic rings. The van der Waals surface area contributed by atoms with Crippen molar-refractivity contribution >= 4 is 11.7 Å². The lowest BCUT2D eigenvalue weighted by Gasteiger charge is -2.26. The number of carbonyl (C=O) groups is 1. The Hall–Kier alpha value is -3.10. The van der Waals surface area contributed by atoms with Gasteiger partial charge in [-0.15, -0.1) is 0 Å². The Labute approximate surface area is 177 Å². The van der Waals surface area contributed by atoms with E-state index in [-0.39, 0.29) is 19.1 Å². The fraction of sp³-hybridized carbons (Fsp3) is 0.364. The van der Waals surface area contributed by atoms with Gasteiger partial charge in [0.2, 0.25) is 0 Å². The van der Waals surface area contributed by atoms with Crippen LogP contribution in [0.15, 0.2) is 53.7 Å². The summed E-state index contributed by atoms with van der Waals surface area (Å²) in [7, 11) is 0. The highest BCUT2D eigenvalue weighted by molar-refractivity contribution is 6.01. The van der Waals surface area contributed by atoms with Gasteiger partial charge in [0.15, 0.2) is 6.10 Å². The minimum atomic E-state index is -4.47. The standard InChI is InChI=1S/C22H23F4N3O2/c1-14(2)27-21(30)29(12-15-5-3-7-17(9-15)22(24,25)26)13-19-11-20(28-31-19)16-6-4-8-18(23)10-16/h3-10,14,19H,11-13H2,1-2H3,(H,27,30)/t19-/m0/s1. The fourth-order valence-electron chi connectivity index (χ4n) is 3.23. The van der Waals surface area contributed by atoms with E-state index in [1.54, 1.807) is 26.0 Å². The number of hydrogen-bond acceptors (Lipinski definition) is 3. The molecule has 0 spiro atoms. The molecule has 0 saturated heterocycles. The van der Waals surface area contributed by atoms with E-state index in [0.29, 0.717) is 23.3 Å². The van der Waals surface area contributed by atoms with Crippen molar-refractivity contribution < 1.29 is 27.2 Å². The number of rotatable bonds is 6. The number of halogens is 4. The second-order valence-electron chi connectivity index (χ2n) is 7.66. The van der Waals surface area contributed by atoms with Gasteiger partial charge in [0.05, 0.1) is 17.8 Å². The first kappa shape index (κ1) is 22.6. The fourth-order valence-corrected chi connectivity index (χ4v) is 3.23. The number of nitrogens with one attached hydrogen (secondary N) is 1. The summed E-state index contributed by atoms with van der Waals surface area (Å²) in [6.45, 7) is 3.66. The Morgan fingerprint density at radius 2 is 1.97 bits per heavy atom. The van der Waals surface area contributed by atoms with Crippen LogP contribution in [0.1, 0.15) is 37.0 Å².